The summed E-state index contributed by atoms with van der Waals surface area (Å²) < 4.78 is 11.0. The van der Waals surface area contributed by atoms with E-state index in [1.54, 1.807) is 0 Å². The molecular formula is C19H30IN5O2. The molecule has 1 spiro atoms. The highest BCUT2D eigenvalue weighted by Crippen LogP contribution is 2.38. The minimum absolute atomic E-state index is 0. The average molecular weight is 487 g/mol. The summed E-state index contributed by atoms with van der Waals surface area (Å²) in [5.74, 6) is 2.01. The zero-order valence-corrected chi connectivity index (χ0v) is 18.4. The van der Waals surface area contributed by atoms with Crippen LogP contribution in [0.25, 0.3) is 0 Å². The van der Waals surface area contributed by atoms with Crippen LogP contribution in [-0.2, 0) is 16.0 Å². The van der Waals surface area contributed by atoms with Gasteiger partial charge in [0.1, 0.15) is 5.82 Å². The molecule has 27 heavy (non-hydrogen) atoms. The average Bonchev–Trinajstić information content (AvgIpc) is 3.34. The lowest BCUT2D eigenvalue weighted by Gasteiger charge is -2.28. The molecule has 0 bridgehead atoms. The van der Waals surface area contributed by atoms with E-state index < -0.39 is 0 Å². The number of aromatic nitrogens is 1. The maximum atomic E-state index is 5.63. The van der Waals surface area contributed by atoms with Crippen molar-refractivity contribution in [3.05, 3.63) is 23.9 Å². The fourth-order valence-corrected chi connectivity index (χ4v) is 4.10. The third-order valence-electron chi connectivity index (χ3n) is 5.73. The standard InChI is InChI=1S/C19H29N5O2.HI/c1-20-18(24-6-4-19(14-24)5-9-26-15-19)22-13-16-2-3-17(21-12-16)23-7-10-25-11-8-23;/h2-3,12H,4-11,13-15H2,1H3,(H,20,22);1H. The van der Waals surface area contributed by atoms with Gasteiger partial charge in [0.15, 0.2) is 5.96 Å². The molecule has 0 radical (unpaired) electrons. The van der Waals surface area contributed by atoms with Gasteiger partial charge >= 0.3 is 0 Å². The van der Waals surface area contributed by atoms with Crippen molar-refractivity contribution in [1.29, 1.82) is 0 Å². The summed E-state index contributed by atoms with van der Waals surface area (Å²) in [6.07, 6.45) is 4.33. The Bertz CT molecular complexity index is 627. The van der Waals surface area contributed by atoms with E-state index in [1.807, 2.05) is 13.2 Å². The van der Waals surface area contributed by atoms with E-state index in [0.29, 0.717) is 5.41 Å². The Morgan fingerprint density at radius 2 is 2.04 bits per heavy atom. The van der Waals surface area contributed by atoms with Gasteiger partial charge in [0.25, 0.3) is 0 Å². The maximum Gasteiger partial charge on any atom is 0.193 e. The molecule has 3 aliphatic rings. The van der Waals surface area contributed by atoms with Crippen molar-refractivity contribution >= 4 is 35.8 Å². The summed E-state index contributed by atoms with van der Waals surface area (Å²) in [6, 6.07) is 4.25. The lowest BCUT2D eigenvalue weighted by molar-refractivity contribution is 0.122. The van der Waals surface area contributed by atoms with Crippen LogP contribution in [0.3, 0.4) is 0 Å². The molecule has 0 aromatic carbocycles. The van der Waals surface area contributed by atoms with Crippen molar-refractivity contribution in [1.82, 2.24) is 15.2 Å². The predicted octanol–water partition coefficient (Wildman–Crippen LogP) is 1.72. The van der Waals surface area contributed by atoms with Gasteiger partial charge < -0.3 is 24.6 Å². The van der Waals surface area contributed by atoms with E-state index in [4.69, 9.17) is 9.47 Å². The minimum atomic E-state index is 0. The van der Waals surface area contributed by atoms with Crippen molar-refractivity contribution in [3.63, 3.8) is 0 Å². The Morgan fingerprint density at radius 1 is 1.19 bits per heavy atom. The Balaban J connectivity index is 0.00000210. The second kappa shape index (κ2) is 9.38. The number of nitrogens with zero attached hydrogens (tertiary/aromatic N) is 4. The van der Waals surface area contributed by atoms with Crippen molar-refractivity contribution in [2.45, 2.75) is 19.4 Å². The maximum absolute atomic E-state index is 5.63. The van der Waals surface area contributed by atoms with Gasteiger partial charge in [0.05, 0.1) is 19.8 Å². The summed E-state index contributed by atoms with van der Waals surface area (Å²) in [5.41, 5.74) is 1.51. The fourth-order valence-electron chi connectivity index (χ4n) is 4.10. The summed E-state index contributed by atoms with van der Waals surface area (Å²) in [7, 11) is 1.86. The van der Waals surface area contributed by atoms with Gasteiger partial charge in [-0.25, -0.2) is 4.98 Å². The van der Waals surface area contributed by atoms with Crippen LogP contribution >= 0.6 is 24.0 Å². The number of rotatable bonds is 3. The highest BCUT2D eigenvalue weighted by atomic mass is 127. The van der Waals surface area contributed by atoms with E-state index in [0.717, 1.165) is 70.9 Å². The molecule has 3 aliphatic heterocycles. The first kappa shape index (κ1) is 20.6. The molecule has 8 heteroatoms. The summed E-state index contributed by atoms with van der Waals surface area (Å²) in [6.45, 7) is 8.03. The van der Waals surface area contributed by atoms with Crippen LogP contribution in [-0.4, -0.2) is 75.5 Å². The third kappa shape index (κ3) is 4.83. The zero-order valence-electron chi connectivity index (χ0n) is 16.0. The predicted molar refractivity (Wildman–Crippen MR) is 117 cm³/mol. The fraction of sp³-hybridized carbons (Fsp3) is 0.684. The van der Waals surface area contributed by atoms with Gasteiger partial charge in [-0.15, -0.1) is 24.0 Å². The lowest BCUT2D eigenvalue weighted by Crippen LogP contribution is -2.41. The van der Waals surface area contributed by atoms with Crippen LogP contribution < -0.4 is 10.2 Å². The van der Waals surface area contributed by atoms with E-state index in [1.165, 1.54) is 18.4 Å². The van der Waals surface area contributed by atoms with E-state index in [2.05, 4.69) is 37.2 Å². The molecule has 4 rings (SSSR count). The van der Waals surface area contributed by atoms with Crippen molar-refractivity contribution in [3.8, 4) is 0 Å². The van der Waals surface area contributed by atoms with Crippen LogP contribution in [0.1, 0.15) is 18.4 Å². The molecule has 150 valence electrons. The molecule has 1 atom stereocenters. The summed E-state index contributed by atoms with van der Waals surface area (Å²) >= 11 is 0. The normalized spacial score (nSPS) is 25.7. The SMILES string of the molecule is CN=C(NCc1ccc(N2CCOCC2)nc1)N1CCC2(CCOC2)C1.I. The number of halogens is 1. The Kier molecular flexibility index (Phi) is 7.16. The van der Waals surface area contributed by atoms with Gasteiger partial charge in [-0.1, -0.05) is 6.07 Å². The topological polar surface area (TPSA) is 62.2 Å². The monoisotopic (exact) mass is 487 g/mol. The molecule has 1 aromatic heterocycles. The first-order chi connectivity index (χ1) is 12.8. The molecule has 3 saturated heterocycles. The van der Waals surface area contributed by atoms with Gasteiger partial charge in [-0.2, -0.15) is 0 Å². The van der Waals surface area contributed by atoms with Crippen LogP contribution in [0.5, 0.6) is 0 Å². The number of hydrogen-bond donors (Lipinski definition) is 1. The van der Waals surface area contributed by atoms with E-state index in [9.17, 15) is 0 Å². The van der Waals surface area contributed by atoms with Crippen LogP contribution in [0.2, 0.25) is 0 Å². The molecule has 1 aromatic rings. The number of pyridine rings is 1. The van der Waals surface area contributed by atoms with Crippen molar-refractivity contribution in [2.75, 3.05) is 64.6 Å². The first-order valence-corrected chi connectivity index (χ1v) is 9.59. The molecule has 0 amide bonds. The molecule has 4 heterocycles. The van der Waals surface area contributed by atoms with Gasteiger partial charge in [0, 0.05) is 58.0 Å². The molecule has 1 N–H and O–H groups in total. The second-order valence-corrected chi connectivity index (χ2v) is 7.50. The van der Waals surface area contributed by atoms with Crippen LogP contribution in [0.15, 0.2) is 23.3 Å². The number of anilines is 1. The van der Waals surface area contributed by atoms with Crippen LogP contribution in [0.4, 0.5) is 5.82 Å². The number of hydrogen-bond acceptors (Lipinski definition) is 5. The molecule has 0 aliphatic carbocycles. The quantitative estimate of drug-likeness (QED) is 0.398. The highest BCUT2D eigenvalue weighted by Gasteiger charge is 2.42. The van der Waals surface area contributed by atoms with Gasteiger partial charge in [-0.05, 0) is 24.5 Å². The second-order valence-electron chi connectivity index (χ2n) is 7.50. The van der Waals surface area contributed by atoms with Crippen molar-refractivity contribution < 1.29 is 9.47 Å². The Morgan fingerprint density at radius 3 is 2.70 bits per heavy atom. The molecule has 1 unspecified atom stereocenters. The molecular weight excluding hydrogens is 457 g/mol. The largest absolute Gasteiger partial charge is 0.381 e. The van der Waals surface area contributed by atoms with Gasteiger partial charge in [0.2, 0.25) is 0 Å². The smallest absolute Gasteiger partial charge is 0.193 e. The molecule has 3 fully saturated rings. The molecule has 7 nitrogen and oxygen atoms in total. The number of ether oxygens (including phenoxy) is 2. The summed E-state index contributed by atoms with van der Waals surface area (Å²) in [4.78, 5) is 13.7. The minimum Gasteiger partial charge on any atom is -0.381 e. The zero-order chi connectivity index (χ0) is 17.8. The summed E-state index contributed by atoms with van der Waals surface area (Å²) in [5, 5.41) is 3.49. The van der Waals surface area contributed by atoms with E-state index in [-0.39, 0.29) is 24.0 Å². The van der Waals surface area contributed by atoms with E-state index >= 15 is 0 Å². The Labute approximate surface area is 178 Å². The molecule has 0 saturated carbocycles. The lowest BCUT2D eigenvalue weighted by atomic mass is 9.87. The number of likely N-dealkylation sites (tertiary alicyclic amines) is 1. The van der Waals surface area contributed by atoms with Crippen molar-refractivity contribution in [2.24, 2.45) is 10.4 Å². The first-order valence-electron chi connectivity index (χ1n) is 9.59. The third-order valence-corrected chi connectivity index (χ3v) is 5.73. The Hall–Kier alpha value is -1.13. The number of aliphatic imine (C=N–C) groups is 1. The van der Waals surface area contributed by atoms with Gasteiger partial charge in [-0.3, -0.25) is 4.99 Å². The highest BCUT2D eigenvalue weighted by molar-refractivity contribution is 14.0. The number of guanidine groups is 1. The van der Waals surface area contributed by atoms with Crippen LogP contribution in [0, 0.1) is 5.41 Å². The number of nitrogens with one attached hydrogen (secondary N) is 1. The number of morpholine rings is 1.